The fourth-order valence-electron chi connectivity index (χ4n) is 2.84. The minimum absolute atomic E-state index is 0.174. The number of thioether (sulfide) groups is 1. The smallest absolute Gasteiger partial charge is 0.317 e. The first kappa shape index (κ1) is 19.6. The van der Waals surface area contributed by atoms with Gasteiger partial charge < -0.3 is 14.8 Å². The molecule has 0 aliphatic heterocycles. The van der Waals surface area contributed by atoms with Crippen LogP contribution in [0.4, 0.5) is 0 Å². The Morgan fingerprint density at radius 1 is 1.16 bits per heavy atom. The van der Waals surface area contributed by atoms with Crippen molar-refractivity contribution < 1.29 is 19.1 Å². The molecule has 1 aliphatic carbocycles. The van der Waals surface area contributed by atoms with Crippen molar-refractivity contribution in [2.75, 3.05) is 12.9 Å². The molecule has 6 heteroatoms. The van der Waals surface area contributed by atoms with E-state index in [9.17, 15) is 9.59 Å². The van der Waals surface area contributed by atoms with E-state index < -0.39 is 6.10 Å². The third kappa shape index (κ3) is 6.98. The third-order valence-corrected chi connectivity index (χ3v) is 5.28. The van der Waals surface area contributed by atoms with Gasteiger partial charge in [0.05, 0.1) is 12.9 Å². The lowest BCUT2D eigenvalue weighted by molar-refractivity contribution is -0.152. The Balaban J connectivity index is 1.71. The molecule has 138 valence electrons. The molecule has 1 aliphatic rings. The summed E-state index contributed by atoms with van der Waals surface area (Å²) in [4.78, 5) is 25.1. The van der Waals surface area contributed by atoms with Crippen LogP contribution in [-0.4, -0.2) is 36.9 Å². The lowest BCUT2D eigenvalue weighted by Crippen LogP contribution is -2.42. The molecule has 5 nitrogen and oxygen atoms in total. The van der Waals surface area contributed by atoms with Gasteiger partial charge in [-0.25, -0.2) is 0 Å². The summed E-state index contributed by atoms with van der Waals surface area (Å²) in [6.07, 6.45) is 6.04. The van der Waals surface area contributed by atoms with Gasteiger partial charge >= 0.3 is 5.97 Å². The van der Waals surface area contributed by atoms with Crippen molar-refractivity contribution in [1.82, 2.24) is 5.32 Å². The summed E-state index contributed by atoms with van der Waals surface area (Å²) in [5.74, 6) is 0.364. The molecule has 0 spiro atoms. The number of benzene rings is 1. The van der Waals surface area contributed by atoms with Crippen LogP contribution in [0.2, 0.25) is 0 Å². The van der Waals surface area contributed by atoms with E-state index >= 15 is 0 Å². The largest absolute Gasteiger partial charge is 0.497 e. The van der Waals surface area contributed by atoms with Crippen molar-refractivity contribution in [1.29, 1.82) is 0 Å². The molecule has 2 rings (SSSR count). The van der Waals surface area contributed by atoms with Crippen LogP contribution in [-0.2, 0) is 14.3 Å². The number of amides is 1. The van der Waals surface area contributed by atoms with Gasteiger partial charge in [0.25, 0.3) is 5.91 Å². The minimum atomic E-state index is -0.757. The van der Waals surface area contributed by atoms with Crippen LogP contribution in [0, 0.1) is 0 Å². The van der Waals surface area contributed by atoms with E-state index in [-0.39, 0.29) is 23.7 Å². The Kier molecular flexibility index (Phi) is 8.12. The standard InChI is InChI=1S/C19H27NO4S/c1-14(19(22)20-15-7-5-3-4-6-8-15)24-18(21)13-25-17-11-9-16(23-2)10-12-17/h9-12,14-15H,3-8,13H2,1-2H3,(H,20,22)/t14-/m0/s1. The van der Waals surface area contributed by atoms with Gasteiger partial charge in [-0.3, -0.25) is 9.59 Å². The Bertz CT molecular complexity index is 553. The maximum atomic E-state index is 12.2. The SMILES string of the molecule is COc1ccc(SCC(=O)O[C@@H](C)C(=O)NC2CCCCCC2)cc1. The van der Waals surface area contributed by atoms with Gasteiger partial charge in [-0.15, -0.1) is 11.8 Å². The molecule has 0 heterocycles. The summed E-state index contributed by atoms with van der Waals surface area (Å²) in [7, 11) is 1.61. The van der Waals surface area contributed by atoms with Crippen molar-refractivity contribution in [2.24, 2.45) is 0 Å². The van der Waals surface area contributed by atoms with E-state index in [2.05, 4.69) is 5.32 Å². The summed E-state index contributed by atoms with van der Waals surface area (Å²) in [6.45, 7) is 1.63. The summed E-state index contributed by atoms with van der Waals surface area (Å²) in [5.41, 5.74) is 0. The van der Waals surface area contributed by atoms with Crippen LogP contribution in [0.5, 0.6) is 5.75 Å². The minimum Gasteiger partial charge on any atom is -0.497 e. The highest BCUT2D eigenvalue weighted by Gasteiger charge is 2.21. The molecule has 1 fully saturated rings. The Morgan fingerprint density at radius 3 is 2.40 bits per heavy atom. The van der Waals surface area contributed by atoms with Gasteiger partial charge in [0.15, 0.2) is 6.10 Å². The van der Waals surface area contributed by atoms with E-state index in [1.807, 2.05) is 24.3 Å². The molecule has 25 heavy (non-hydrogen) atoms. The topological polar surface area (TPSA) is 64.6 Å². The second kappa shape index (κ2) is 10.3. The summed E-state index contributed by atoms with van der Waals surface area (Å²) in [6, 6.07) is 7.68. The second-order valence-corrected chi connectivity index (χ2v) is 7.34. The maximum absolute atomic E-state index is 12.2. The monoisotopic (exact) mass is 365 g/mol. The third-order valence-electron chi connectivity index (χ3n) is 4.30. The van der Waals surface area contributed by atoms with E-state index in [1.165, 1.54) is 24.6 Å². The van der Waals surface area contributed by atoms with Crippen LogP contribution in [0.3, 0.4) is 0 Å². The maximum Gasteiger partial charge on any atom is 0.317 e. The van der Waals surface area contributed by atoms with E-state index in [0.717, 1.165) is 36.3 Å². The summed E-state index contributed by atoms with van der Waals surface area (Å²) >= 11 is 1.38. The quantitative estimate of drug-likeness (QED) is 0.455. The Hall–Kier alpha value is -1.69. The number of rotatable bonds is 7. The number of ether oxygens (including phenoxy) is 2. The zero-order valence-corrected chi connectivity index (χ0v) is 15.8. The highest BCUT2D eigenvalue weighted by atomic mass is 32.2. The second-order valence-electron chi connectivity index (χ2n) is 6.29. The normalized spacial score (nSPS) is 16.6. The number of carbonyl (C=O) groups excluding carboxylic acids is 2. The van der Waals surface area contributed by atoms with E-state index in [4.69, 9.17) is 9.47 Å². The number of carbonyl (C=O) groups is 2. The molecule has 1 amide bonds. The van der Waals surface area contributed by atoms with E-state index in [0.29, 0.717) is 0 Å². The van der Waals surface area contributed by atoms with Crippen LogP contribution in [0.15, 0.2) is 29.2 Å². The van der Waals surface area contributed by atoms with Crippen molar-refractivity contribution in [3.8, 4) is 5.75 Å². The average Bonchev–Trinajstić information content (AvgIpc) is 2.89. The first-order chi connectivity index (χ1) is 12.1. The lowest BCUT2D eigenvalue weighted by atomic mass is 10.1. The number of methoxy groups -OCH3 is 1. The lowest BCUT2D eigenvalue weighted by Gasteiger charge is -2.19. The molecule has 0 saturated heterocycles. The first-order valence-electron chi connectivity index (χ1n) is 8.85. The van der Waals surface area contributed by atoms with Gasteiger partial charge in [-0.2, -0.15) is 0 Å². The molecule has 0 radical (unpaired) electrons. The Labute approximate surface area is 153 Å². The van der Waals surface area contributed by atoms with Gasteiger partial charge in [-0.1, -0.05) is 25.7 Å². The molecule has 0 bridgehead atoms. The predicted octanol–water partition coefficient (Wildman–Crippen LogP) is 3.56. The molecule has 0 unspecified atom stereocenters. The summed E-state index contributed by atoms with van der Waals surface area (Å²) < 4.78 is 10.4. The Morgan fingerprint density at radius 2 is 1.80 bits per heavy atom. The van der Waals surface area contributed by atoms with Gasteiger partial charge in [-0.05, 0) is 44.0 Å². The molecule has 0 aromatic heterocycles. The van der Waals surface area contributed by atoms with Crippen molar-refractivity contribution in [3.63, 3.8) is 0 Å². The number of nitrogens with one attached hydrogen (secondary N) is 1. The predicted molar refractivity (Wildman–Crippen MR) is 98.9 cm³/mol. The van der Waals surface area contributed by atoms with Gasteiger partial charge in [0, 0.05) is 10.9 Å². The number of esters is 1. The van der Waals surface area contributed by atoms with E-state index in [1.54, 1.807) is 14.0 Å². The van der Waals surface area contributed by atoms with Crippen molar-refractivity contribution >= 4 is 23.6 Å². The molecular weight excluding hydrogens is 338 g/mol. The zero-order chi connectivity index (χ0) is 18.1. The average molecular weight is 365 g/mol. The molecule has 1 saturated carbocycles. The number of hydrogen-bond donors (Lipinski definition) is 1. The highest BCUT2D eigenvalue weighted by Crippen LogP contribution is 2.21. The van der Waals surface area contributed by atoms with Crippen LogP contribution >= 0.6 is 11.8 Å². The molecule has 1 aromatic rings. The first-order valence-corrected chi connectivity index (χ1v) is 9.83. The van der Waals surface area contributed by atoms with Crippen LogP contribution in [0.1, 0.15) is 45.4 Å². The van der Waals surface area contributed by atoms with Gasteiger partial charge in [0.1, 0.15) is 5.75 Å². The fraction of sp³-hybridized carbons (Fsp3) is 0.579. The highest BCUT2D eigenvalue weighted by molar-refractivity contribution is 8.00. The van der Waals surface area contributed by atoms with Crippen molar-refractivity contribution in [3.05, 3.63) is 24.3 Å². The number of hydrogen-bond acceptors (Lipinski definition) is 5. The molecule has 1 N–H and O–H groups in total. The summed E-state index contributed by atoms with van der Waals surface area (Å²) in [5, 5.41) is 3.01. The van der Waals surface area contributed by atoms with Crippen LogP contribution < -0.4 is 10.1 Å². The van der Waals surface area contributed by atoms with Gasteiger partial charge in [0.2, 0.25) is 0 Å². The zero-order valence-electron chi connectivity index (χ0n) is 15.0. The molecule has 1 aromatic carbocycles. The molecule has 1 atom stereocenters. The molecular formula is C19H27NO4S. The van der Waals surface area contributed by atoms with Crippen molar-refractivity contribution in [2.45, 2.75) is 62.5 Å². The van der Waals surface area contributed by atoms with Crippen LogP contribution in [0.25, 0.3) is 0 Å². The fourth-order valence-corrected chi connectivity index (χ4v) is 3.52.